The first kappa shape index (κ1) is 15.9. The Balaban J connectivity index is 1.97. The second-order valence-corrected chi connectivity index (χ2v) is 8.62. The summed E-state index contributed by atoms with van der Waals surface area (Å²) < 4.78 is 37.1. The van der Waals surface area contributed by atoms with E-state index in [1.54, 1.807) is 19.9 Å². The van der Waals surface area contributed by atoms with Gasteiger partial charge >= 0.3 is 0 Å². The van der Waals surface area contributed by atoms with Crippen molar-refractivity contribution >= 4 is 15.7 Å². The van der Waals surface area contributed by atoms with Crippen molar-refractivity contribution < 1.29 is 17.6 Å². The number of carbonyl (C=O) groups excluding carboxylic acids is 1. The van der Waals surface area contributed by atoms with E-state index in [0.717, 1.165) is 5.56 Å². The molecule has 0 heterocycles. The molecular weight excluding hydrogens is 293 g/mol. The Hall–Kier alpha value is -1.43. The van der Waals surface area contributed by atoms with Gasteiger partial charge in [-0.1, -0.05) is 12.1 Å². The van der Waals surface area contributed by atoms with E-state index in [4.69, 9.17) is 0 Å². The Kier molecular flexibility index (Phi) is 4.37. The van der Waals surface area contributed by atoms with Crippen molar-refractivity contribution in [3.63, 3.8) is 0 Å². The lowest BCUT2D eigenvalue weighted by molar-refractivity contribution is -0.120. The Morgan fingerprint density at radius 3 is 2.57 bits per heavy atom. The first-order valence-corrected chi connectivity index (χ1v) is 8.63. The van der Waals surface area contributed by atoms with E-state index in [1.165, 1.54) is 19.1 Å². The van der Waals surface area contributed by atoms with Crippen molar-refractivity contribution in [3.8, 4) is 0 Å². The molecule has 2 rings (SSSR count). The standard InChI is InChI=1S/C15H20FNO3S/c1-9(2)21(19,20)10(3)15(18)17-14-8-13(14)11-5-4-6-12(16)7-11/h4-7,9-10,13-14H,8H2,1-3H3,(H,17,18)/t10-,13+,14+/m1/s1. The highest BCUT2D eigenvalue weighted by Crippen LogP contribution is 2.41. The average Bonchev–Trinajstić information content (AvgIpc) is 3.16. The van der Waals surface area contributed by atoms with E-state index in [1.807, 2.05) is 6.07 Å². The summed E-state index contributed by atoms with van der Waals surface area (Å²) in [4.78, 5) is 12.0. The highest BCUT2D eigenvalue weighted by molar-refractivity contribution is 7.93. The minimum Gasteiger partial charge on any atom is -0.352 e. The smallest absolute Gasteiger partial charge is 0.238 e. The van der Waals surface area contributed by atoms with Gasteiger partial charge in [-0.15, -0.1) is 0 Å². The lowest BCUT2D eigenvalue weighted by Crippen LogP contribution is -2.41. The third kappa shape index (κ3) is 3.43. The van der Waals surface area contributed by atoms with Crippen LogP contribution in [0.3, 0.4) is 0 Å². The van der Waals surface area contributed by atoms with E-state index < -0.39 is 26.2 Å². The number of sulfone groups is 1. The molecule has 0 unspecified atom stereocenters. The number of carbonyl (C=O) groups is 1. The van der Waals surface area contributed by atoms with E-state index in [2.05, 4.69) is 5.32 Å². The van der Waals surface area contributed by atoms with Gasteiger partial charge in [-0.2, -0.15) is 0 Å². The Bertz CT molecular complexity index is 642. The molecule has 1 aromatic carbocycles. The molecule has 1 aromatic rings. The summed E-state index contributed by atoms with van der Waals surface area (Å²) in [5.41, 5.74) is 0.833. The lowest BCUT2D eigenvalue weighted by atomic mass is 10.1. The fourth-order valence-electron chi connectivity index (χ4n) is 2.32. The van der Waals surface area contributed by atoms with Crippen LogP contribution in [-0.4, -0.2) is 30.9 Å². The van der Waals surface area contributed by atoms with Crippen molar-refractivity contribution in [2.75, 3.05) is 0 Å². The number of benzene rings is 1. The first-order valence-electron chi connectivity index (χ1n) is 7.02. The molecule has 1 aliphatic rings. The van der Waals surface area contributed by atoms with Gasteiger partial charge < -0.3 is 5.32 Å². The minimum absolute atomic E-state index is 0.0682. The Morgan fingerprint density at radius 2 is 2.00 bits per heavy atom. The average molecular weight is 313 g/mol. The fraction of sp³-hybridized carbons (Fsp3) is 0.533. The number of rotatable bonds is 5. The van der Waals surface area contributed by atoms with E-state index >= 15 is 0 Å². The third-order valence-corrected chi connectivity index (χ3v) is 6.43. The van der Waals surface area contributed by atoms with Gasteiger partial charge in [-0.05, 0) is 44.9 Å². The van der Waals surface area contributed by atoms with E-state index in [9.17, 15) is 17.6 Å². The maximum Gasteiger partial charge on any atom is 0.238 e. The van der Waals surface area contributed by atoms with Crippen LogP contribution in [0.1, 0.15) is 38.7 Å². The van der Waals surface area contributed by atoms with Gasteiger partial charge in [0.15, 0.2) is 9.84 Å². The minimum atomic E-state index is -3.45. The summed E-state index contributed by atoms with van der Waals surface area (Å²) >= 11 is 0. The highest BCUT2D eigenvalue weighted by atomic mass is 32.2. The van der Waals surface area contributed by atoms with Crippen molar-refractivity contribution in [3.05, 3.63) is 35.6 Å². The van der Waals surface area contributed by atoms with Crippen LogP contribution < -0.4 is 5.32 Å². The molecule has 4 nitrogen and oxygen atoms in total. The Labute approximate surface area is 124 Å². The molecule has 6 heteroatoms. The van der Waals surface area contributed by atoms with Gasteiger partial charge in [-0.25, -0.2) is 12.8 Å². The lowest BCUT2D eigenvalue weighted by Gasteiger charge is -2.15. The molecule has 1 fully saturated rings. The number of amides is 1. The van der Waals surface area contributed by atoms with Crippen LogP contribution in [0.25, 0.3) is 0 Å². The molecule has 1 amide bonds. The molecule has 0 aliphatic heterocycles. The molecule has 116 valence electrons. The number of hydrogen-bond acceptors (Lipinski definition) is 3. The largest absolute Gasteiger partial charge is 0.352 e. The molecule has 0 saturated heterocycles. The Morgan fingerprint density at radius 1 is 1.33 bits per heavy atom. The molecule has 1 saturated carbocycles. The van der Waals surface area contributed by atoms with Gasteiger partial charge in [0, 0.05) is 12.0 Å². The molecule has 0 bridgehead atoms. The fourth-order valence-corrected chi connectivity index (χ4v) is 3.50. The van der Waals surface area contributed by atoms with Crippen LogP contribution in [0.5, 0.6) is 0 Å². The maximum absolute atomic E-state index is 13.2. The molecule has 0 aromatic heterocycles. The van der Waals surface area contributed by atoms with Crippen molar-refractivity contribution in [2.24, 2.45) is 0 Å². The number of halogens is 1. The van der Waals surface area contributed by atoms with Gasteiger partial charge in [0.2, 0.25) is 5.91 Å². The third-order valence-electron chi connectivity index (χ3n) is 3.91. The zero-order chi connectivity index (χ0) is 15.8. The normalized spacial score (nSPS) is 22.9. The highest BCUT2D eigenvalue weighted by Gasteiger charge is 2.42. The van der Waals surface area contributed by atoms with Gasteiger partial charge in [-0.3, -0.25) is 4.79 Å². The summed E-state index contributed by atoms with van der Waals surface area (Å²) in [6.45, 7) is 4.53. The summed E-state index contributed by atoms with van der Waals surface area (Å²) in [6, 6.07) is 6.16. The van der Waals surface area contributed by atoms with Crippen LogP contribution in [0.4, 0.5) is 4.39 Å². The van der Waals surface area contributed by atoms with Crippen LogP contribution in [0.2, 0.25) is 0 Å². The molecular formula is C15H20FNO3S. The van der Waals surface area contributed by atoms with Crippen LogP contribution in [-0.2, 0) is 14.6 Å². The summed E-state index contributed by atoms with van der Waals surface area (Å²) in [5.74, 6) is -0.716. The molecule has 21 heavy (non-hydrogen) atoms. The second-order valence-electron chi connectivity index (χ2n) is 5.79. The molecule has 0 radical (unpaired) electrons. The molecule has 1 N–H and O–H groups in total. The van der Waals surface area contributed by atoms with Crippen molar-refractivity contribution in [1.82, 2.24) is 5.32 Å². The summed E-state index contributed by atoms with van der Waals surface area (Å²) in [6.07, 6.45) is 0.712. The van der Waals surface area contributed by atoms with E-state index in [0.29, 0.717) is 6.42 Å². The quantitative estimate of drug-likeness (QED) is 0.904. The first-order chi connectivity index (χ1) is 9.73. The molecule has 1 aliphatic carbocycles. The van der Waals surface area contributed by atoms with Crippen LogP contribution >= 0.6 is 0 Å². The number of hydrogen-bond donors (Lipinski definition) is 1. The zero-order valence-electron chi connectivity index (χ0n) is 12.3. The summed E-state index contributed by atoms with van der Waals surface area (Å²) in [7, 11) is -3.45. The van der Waals surface area contributed by atoms with E-state index in [-0.39, 0.29) is 17.8 Å². The second kappa shape index (κ2) is 5.75. The predicted octanol–water partition coefficient (Wildman–Crippen LogP) is 2.01. The number of nitrogens with one attached hydrogen (secondary N) is 1. The SMILES string of the molecule is CC(C)S(=O)(=O)[C@H](C)C(=O)N[C@H]1C[C@H]1c1cccc(F)c1. The van der Waals surface area contributed by atoms with Crippen LogP contribution in [0.15, 0.2) is 24.3 Å². The topological polar surface area (TPSA) is 63.2 Å². The van der Waals surface area contributed by atoms with Gasteiger partial charge in [0.1, 0.15) is 11.1 Å². The van der Waals surface area contributed by atoms with Crippen molar-refractivity contribution in [2.45, 2.75) is 49.7 Å². The van der Waals surface area contributed by atoms with Gasteiger partial charge in [0.25, 0.3) is 0 Å². The van der Waals surface area contributed by atoms with Crippen LogP contribution in [0, 0.1) is 5.82 Å². The summed E-state index contributed by atoms with van der Waals surface area (Å²) in [5, 5.41) is 1.09. The molecule has 0 spiro atoms. The molecule has 3 atom stereocenters. The predicted molar refractivity (Wildman–Crippen MR) is 79.2 cm³/mol. The van der Waals surface area contributed by atoms with Crippen molar-refractivity contribution in [1.29, 1.82) is 0 Å². The maximum atomic E-state index is 13.2. The van der Waals surface area contributed by atoms with Gasteiger partial charge in [0.05, 0.1) is 5.25 Å². The zero-order valence-corrected chi connectivity index (χ0v) is 13.2. The monoisotopic (exact) mass is 313 g/mol.